The predicted octanol–water partition coefficient (Wildman–Crippen LogP) is 2.98. The summed E-state index contributed by atoms with van der Waals surface area (Å²) < 4.78 is 27.0. The number of guanidine groups is 1. The second kappa shape index (κ2) is 13.1. The van der Waals surface area contributed by atoms with Gasteiger partial charge in [0.1, 0.15) is 0 Å². The number of aliphatic imine (C=N–C) groups is 1. The maximum Gasteiger partial charge on any atom is 0.211 e. The van der Waals surface area contributed by atoms with Crippen LogP contribution in [-0.4, -0.2) is 38.2 Å². The van der Waals surface area contributed by atoms with Crippen LogP contribution in [0.3, 0.4) is 0 Å². The van der Waals surface area contributed by atoms with E-state index in [0.29, 0.717) is 31.4 Å². The third kappa shape index (κ3) is 10.2. The van der Waals surface area contributed by atoms with Gasteiger partial charge in [-0.05, 0) is 43.7 Å². The van der Waals surface area contributed by atoms with E-state index in [4.69, 9.17) is 5.26 Å². The lowest BCUT2D eigenvalue weighted by Crippen LogP contribution is -2.32. The normalized spacial score (nSPS) is 15.6. The molecule has 0 spiro atoms. The van der Waals surface area contributed by atoms with Crippen LogP contribution in [0.5, 0.6) is 0 Å². The summed E-state index contributed by atoms with van der Waals surface area (Å²) in [5, 5.41) is 14.4. The molecule has 3 N–H and O–H groups in total. The summed E-state index contributed by atoms with van der Waals surface area (Å²) in [6, 6.07) is 3.58. The molecule has 0 bridgehead atoms. The van der Waals surface area contributed by atoms with E-state index in [0.717, 1.165) is 37.8 Å². The molecule has 1 aliphatic rings. The van der Waals surface area contributed by atoms with Crippen LogP contribution in [0.15, 0.2) is 29.5 Å². The Hall–Kier alpha value is -2.18. The molecular formula is C20H32N6O2S. The lowest BCUT2D eigenvalue weighted by molar-refractivity contribution is 0.357. The number of unbranched alkanes of at least 4 members (excludes halogenated alkanes) is 3. The number of rotatable bonds is 11. The second-order valence-corrected chi connectivity index (χ2v) is 9.34. The summed E-state index contributed by atoms with van der Waals surface area (Å²) in [5.41, 5.74) is 0.799. The molecule has 8 nitrogen and oxygen atoms in total. The number of hydrogen-bond acceptors (Lipinski definition) is 5. The van der Waals surface area contributed by atoms with E-state index in [1.54, 1.807) is 24.5 Å². The van der Waals surface area contributed by atoms with Crippen LogP contribution < -0.4 is 15.4 Å². The van der Waals surface area contributed by atoms with Crippen molar-refractivity contribution >= 4 is 21.7 Å². The van der Waals surface area contributed by atoms with Crippen molar-refractivity contribution < 1.29 is 8.42 Å². The first-order chi connectivity index (χ1) is 14.1. The molecule has 1 fully saturated rings. The molecule has 2 rings (SSSR count). The van der Waals surface area contributed by atoms with Crippen LogP contribution in [0, 0.1) is 17.4 Å². The Kier molecular flexibility index (Phi) is 10.5. The maximum atomic E-state index is 12.1. The molecule has 1 aromatic heterocycles. The van der Waals surface area contributed by atoms with Gasteiger partial charge in [-0.3, -0.25) is 15.3 Å². The molecule has 9 heteroatoms. The molecule has 0 radical (unpaired) electrons. The quantitative estimate of drug-likeness (QED) is 0.166. The van der Waals surface area contributed by atoms with E-state index in [1.165, 1.54) is 19.3 Å². The zero-order valence-corrected chi connectivity index (χ0v) is 17.8. The Bertz CT molecular complexity index is 755. The monoisotopic (exact) mass is 420 g/mol. The number of aromatic nitrogens is 1. The molecule has 0 saturated heterocycles. The first kappa shape index (κ1) is 23.1. The minimum absolute atomic E-state index is 0.188. The Morgan fingerprint density at radius 2 is 1.86 bits per heavy atom. The summed E-state index contributed by atoms with van der Waals surface area (Å²) in [4.78, 5) is 8.30. The van der Waals surface area contributed by atoms with Crippen molar-refractivity contribution in [2.45, 2.75) is 57.8 Å². The lowest BCUT2D eigenvalue weighted by Gasteiger charge is -2.21. The average Bonchev–Trinajstić information content (AvgIpc) is 2.73. The molecule has 0 amide bonds. The molecule has 1 heterocycles. The molecule has 0 atom stereocenters. The fraction of sp³-hybridized carbons (Fsp3) is 0.650. The lowest BCUT2D eigenvalue weighted by atomic mass is 9.90. The van der Waals surface area contributed by atoms with Gasteiger partial charge in [-0.25, -0.2) is 13.1 Å². The number of nitriles is 1. The van der Waals surface area contributed by atoms with Crippen molar-refractivity contribution in [2.24, 2.45) is 10.9 Å². The van der Waals surface area contributed by atoms with Crippen LogP contribution in [0.25, 0.3) is 0 Å². The van der Waals surface area contributed by atoms with Gasteiger partial charge in [-0.1, -0.05) is 32.1 Å². The summed E-state index contributed by atoms with van der Waals surface area (Å²) in [7, 11) is -3.17. The van der Waals surface area contributed by atoms with E-state index in [2.05, 4.69) is 25.3 Å². The number of nitrogens with zero attached hydrogens (tertiary/aromatic N) is 3. The highest BCUT2D eigenvalue weighted by molar-refractivity contribution is 7.89. The summed E-state index contributed by atoms with van der Waals surface area (Å²) >= 11 is 0. The van der Waals surface area contributed by atoms with Crippen LogP contribution in [-0.2, 0) is 10.0 Å². The highest BCUT2D eigenvalue weighted by Crippen LogP contribution is 2.22. The standard InChI is InChI=1S/C20H32N6O2S/c21-17-24-20(26-19-10-13-22-14-11-19)23-12-6-1-2-7-15-29(27,28)25-16-18-8-4-3-5-9-18/h10-11,13-14,18,25H,1-9,12,15-16H2,(H2,22,23,24,26). The van der Waals surface area contributed by atoms with Crippen molar-refractivity contribution in [2.75, 3.05) is 24.2 Å². The topological polar surface area (TPSA) is 119 Å². The van der Waals surface area contributed by atoms with Crippen LogP contribution in [0.4, 0.5) is 5.69 Å². The van der Waals surface area contributed by atoms with Gasteiger partial charge in [-0.15, -0.1) is 0 Å². The van der Waals surface area contributed by atoms with E-state index in [9.17, 15) is 8.42 Å². The molecule has 0 aliphatic heterocycles. The van der Waals surface area contributed by atoms with Gasteiger partial charge >= 0.3 is 0 Å². The van der Waals surface area contributed by atoms with Crippen molar-refractivity contribution in [3.8, 4) is 6.19 Å². The maximum absolute atomic E-state index is 12.1. The number of pyridine rings is 1. The predicted molar refractivity (Wildman–Crippen MR) is 116 cm³/mol. The van der Waals surface area contributed by atoms with Gasteiger partial charge in [0.2, 0.25) is 16.0 Å². The highest BCUT2D eigenvalue weighted by atomic mass is 32.2. The average molecular weight is 421 g/mol. The third-order valence-corrected chi connectivity index (χ3v) is 6.46. The largest absolute Gasteiger partial charge is 0.325 e. The van der Waals surface area contributed by atoms with Gasteiger partial charge < -0.3 is 5.32 Å². The van der Waals surface area contributed by atoms with Crippen molar-refractivity contribution in [3.63, 3.8) is 0 Å². The molecular weight excluding hydrogens is 388 g/mol. The van der Waals surface area contributed by atoms with Gasteiger partial charge in [-0.2, -0.15) is 5.26 Å². The first-order valence-corrected chi connectivity index (χ1v) is 12.1. The molecule has 0 aromatic carbocycles. The number of hydrogen-bond donors (Lipinski definition) is 3. The van der Waals surface area contributed by atoms with Gasteiger partial charge in [0.15, 0.2) is 6.19 Å². The minimum Gasteiger partial charge on any atom is -0.325 e. The van der Waals surface area contributed by atoms with Crippen LogP contribution in [0.1, 0.15) is 57.8 Å². The second-order valence-electron chi connectivity index (χ2n) is 7.41. The zero-order valence-electron chi connectivity index (χ0n) is 16.9. The molecule has 0 unspecified atom stereocenters. The fourth-order valence-corrected chi connectivity index (χ4v) is 4.61. The Balaban J connectivity index is 1.58. The minimum atomic E-state index is -3.17. The van der Waals surface area contributed by atoms with E-state index < -0.39 is 10.0 Å². The van der Waals surface area contributed by atoms with Crippen molar-refractivity contribution in [1.82, 2.24) is 15.0 Å². The summed E-state index contributed by atoms with van der Waals surface area (Å²) in [6.07, 6.45) is 14.4. The van der Waals surface area contributed by atoms with Crippen LogP contribution >= 0.6 is 0 Å². The van der Waals surface area contributed by atoms with Crippen LogP contribution in [0.2, 0.25) is 0 Å². The van der Waals surface area contributed by atoms with E-state index >= 15 is 0 Å². The Morgan fingerprint density at radius 3 is 2.59 bits per heavy atom. The SMILES string of the molecule is N#CNC(=NCCCCCCS(=O)(=O)NCC1CCCCC1)Nc1ccncc1. The third-order valence-electron chi connectivity index (χ3n) is 5.03. The van der Waals surface area contributed by atoms with E-state index in [1.807, 2.05) is 6.19 Å². The van der Waals surface area contributed by atoms with Gasteiger partial charge in [0.25, 0.3) is 0 Å². The molecule has 1 aromatic rings. The van der Waals surface area contributed by atoms with E-state index in [-0.39, 0.29) is 5.75 Å². The Morgan fingerprint density at radius 1 is 1.14 bits per heavy atom. The summed E-state index contributed by atoms with van der Waals surface area (Å²) in [6.45, 7) is 1.16. The Labute approximate surface area is 174 Å². The van der Waals surface area contributed by atoms with Gasteiger partial charge in [0.05, 0.1) is 5.75 Å². The van der Waals surface area contributed by atoms with Crippen molar-refractivity contribution in [3.05, 3.63) is 24.5 Å². The molecule has 160 valence electrons. The van der Waals surface area contributed by atoms with Crippen molar-refractivity contribution in [1.29, 1.82) is 5.26 Å². The number of sulfonamides is 1. The highest BCUT2D eigenvalue weighted by Gasteiger charge is 2.16. The number of anilines is 1. The smallest absolute Gasteiger partial charge is 0.211 e. The molecule has 1 aliphatic carbocycles. The molecule has 29 heavy (non-hydrogen) atoms. The number of nitrogens with one attached hydrogen (secondary N) is 3. The summed E-state index contributed by atoms with van der Waals surface area (Å²) in [5.74, 6) is 1.09. The first-order valence-electron chi connectivity index (χ1n) is 10.4. The zero-order chi connectivity index (χ0) is 20.8. The van der Waals surface area contributed by atoms with Gasteiger partial charge in [0, 0.05) is 31.2 Å². The fourth-order valence-electron chi connectivity index (χ4n) is 3.39. The molecule has 1 saturated carbocycles.